The first kappa shape index (κ1) is 25.3. The fourth-order valence-electron chi connectivity index (χ4n) is 3.50. The Labute approximate surface area is 207 Å². The first-order valence-electron chi connectivity index (χ1n) is 10.5. The number of rotatable bonds is 10. The average molecular weight is 527 g/mol. The normalized spacial score (nSPS) is 11.8. The van der Waals surface area contributed by atoms with E-state index in [0.29, 0.717) is 17.2 Å². The molecule has 0 bridgehead atoms. The summed E-state index contributed by atoms with van der Waals surface area (Å²) in [5.41, 5.74) is 3.41. The van der Waals surface area contributed by atoms with Crippen molar-refractivity contribution in [3.63, 3.8) is 0 Å². The third-order valence-corrected chi connectivity index (χ3v) is 5.64. The van der Waals surface area contributed by atoms with E-state index in [1.165, 1.54) is 7.11 Å². The maximum atomic E-state index is 11.9. The van der Waals surface area contributed by atoms with Gasteiger partial charge in [0.2, 0.25) is 5.75 Å². The van der Waals surface area contributed by atoms with Gasteiger partial charge in [0.05, 0.1) is 46.7 Å². The van der Waals surface area contributed by atoms with E-state index < -0.39 is 0 Å². The van der Waals surface area contributed by atoms with Crippen molar-refractivity contribution in [2.24, 2.45) is 4.99 Å². The van der Waals surface area contributed by atoms with Gasteiger partial charge in [0, 0.05) is 21.8 Å². The van der Waals surface area contributed by atoms with E-state index >= 15 is 0 Å². The lowest BCUT2D eigenvalue weighted by Crippen LogP contribution is -2.29. The number of esters is 1. The lowest BCUT2D eigenvalue weighted by atomic mass is 9.97. The van der Waals surface area contributed by atoms with E-state index in [2.05, 4.69) is 21.2 Å². The number of carbonyl (C=O) groups is 1. The number of nitrogens with one attached hydrogen (secondary N) is 1. The second kappa shape index (κ2) is 12.2. The first-order valence-corrected chi connectivity index (χ1v) is 11.3. The molecule has 8 heteroatoms. The first-order chi connectivity index (χ1) is 16.5. The minimum atomic E-state index is -0.349. The highest BCUT2D eigenvalue weighted by molar-refractivity contribution is 9.10. The number of benzene rings is 3. The number of hydrogen-bond acceptors (Lipinski definition) is 7. The molecule has 0 aliphatic rings. The smallest absolute Gasteiger partial charge is 0.319 e. The molecule has 1 N–H and O–H groups in total. The van der Waals surface area contributed by atoms with Crippen molar-refractivity contribution in [1.29, 1.82) is 0 Å². The Morgan fingerprint density at radius 3 is 2.24 bits per heavy atom. The van der Waals surface area contributed by atoms with Crippen LogP contribution >= 0.6 is 15.9 Å². The average Bonchev–Trinajstić information content (AvgIpc) is 2.87. The minimum Gasteiger partial charge on any atom is -0.493 e. The Kier molecular flexibility index (Phi) is 9.07. The quantitative estimate of drug-likeness (QED) is 0.293. The Morgan fingerprint density at radius 2 is 1.65 bits per heavy atom. The van der Waals surface area contributed by atoms with Gasteiger partial charge in [-0.05, 0) is 35.9 Å². The van der Waals surface area contributed by atoms with E-state index in [0.717, 1.165) is 26.9 Å². The molecule has 1 atom stereocenters. The van der Waals surface area contributed by atoms with Gasteiger partial charge >= 0.3 is 5.97 Å². The molecule has 0 radical (unpaired) electrons. The molecule has 0 fully saturated rings. The summed E-state index contributed by atoms with van der Waals surface area (Å²) in [6, 6.07) is 19.1. The number of nitrogens with zero attached hydrogens (tertiary/aromatic N) is 1. The number of ether oxygens (including phenoxy) is 4. The molecule has 0 spiro atoms. The van der Waals surface area contributed by atoms with Gasteiger partial charge in [-0.25, -0.2) is 0 Å². The third kappa shape index (κ3) is 6.15. The van der Waals surface area contributed by atoms with Gasteiger partial charge in [-0.2, -0.15) is 0 Å². The van der Waals surface area contributed by atoms with E-state index in [1.807, 2.05) is 60.7 Å². The van der Waals surface area contributed by atoms with Crippen LogP contribution < -0.4 is 19.5 Å². The van der Waals surface area contributed by atoms with Crippen LogP contribution in [0.15, 0.2) is 70.1 Å². The highest BCUT2D eigenvalue weighted by atomic mass is 79.9. The predicted octanol–water partition coefficient (Wildman–Crippen LogP) is 5.08. The second-order valence-electron chi connectivity index (χ2n) is 7.22. The number of carbonyl (C=O) groups excluding carboxylic acids is 1. The Morgan fingerprint density at radius 1 is 0.971 bits per heavy atom. The monoisotopic (exact) mass is 526 g/mol. The molecule has 0 amide bonds. The van der Waals surface area contributed by atoms with E-state index in [4.69, 9.17) is 23.9 Å². The molecule has 0 aromatic heterocycles. The van der Waals surface area contributed by atoms with Gasteiger partial charge in [0.25, 0.3) is 0 Å². The summed E-state index contributed by atoms with van der Waals surface area (Å²) in [6.45, 7) is 0.0542. The van der Waals surface area contributed by atoms with Gasteiger partial charge in [0.1, 0.15) is 0 Å². The van der Waals surface area contributed by atoms with Crippen LogP contribution in [0.2, 0.25) is 0 Å². The molecular formula is C26H27BrN2O5. The van der Waals surface area contributed by atoms with Crippen LogP contribution in [0.5, 0.6) is 17.2 Å². The van der Waals surface area contributed by atoms with Crippen LogP contribution in [0.3, 0.4) is 0 Å². The largest absolute Gasteiger partial charge is 0.493 e. The molecule has 3 rings (SSSR count). The molecule has 0 aliphatic carbocycles. The molecule has 3 aromatic carbocycles. The summed E-state index contributed by atoms with van der Waals surface area (Å²) in [5.74, 6) is 1.25. The fraction of sp³-hybridized carbons (Fsp3) is 0.231. The standard InChI is InChI=1S/C26H27BrN2O5/c1-31-22-12-17(13-23(32-2)26(22)34-4)15-28-21-11-10-19(27)14-20(21)25(29-16-24(30)33-3)18-8-6-5-7-9-18/h5-15,25,29H,16H2,1-4H3/t25-/m1/s1. The van der Waals surface area contributed by atoms with Crippen LogP contribution in [0.25, 0.3) is 0 Å². The van der Waals surface area contributed by atoms with Crippen LogP contribution in [0.4, 0.5) is 5.69 Å². The SMILES string of the molecule is COC(=O)CN[C@H](c1ccccc1)c1cc(Br)ccc1N=Cc1cc(OC)c(OC)c(OC)c1. The van der Waals surface area contributed by atoms with Gasteiger partial charge in [0.15, 0.2) is 11.5 Å². The number of hydrogen-bond donors (Lipinski definition) is 1. The Balaban J connectivity index is 2.04. The highest BCUT2D eigenvalue weighted by Crippen LogP contribution is 2.38. The zero-order valence-corrected chi connectivity index (χ0v) is 21.1. The highest BCUT2D eigenvalue weighted by Gasteiger charge is 2.19. The Hall–Kier alpha value is -3.36. The van der Waals surface area contributed by atoms with Crippen molar-refractivity contribution in [2.75, 3.05) is 35.0 Å². The molecular weight excluding hydrogens is 500 g/mol. The summed E-state index contributed by atoms with van der Waals surface area (Å²) in [7, 11) is 6.08. The molecule has 34 heavy (non-hydrogen) atoms. The zero-order valence-electron chi connectivity index (χ0n) is 19.5. The lowest BCUT2D eigenvalue weighted by molar-refractivity contribution is -0.139. The minimum absolute atomic E-state index is 0.0542. The van der Waals surface area contributed by atoms with Crippen molar-refractivity contribution < 1.29 is 23.7 Å². The summed E-state index contributed by atoms with van der Waals surface area (Å²) in [4.78, 5) is 16.6. The summed E-state index contributed by atoms with van der Waals surface area (Å²) < 4.78 is 22.0. The van der Waals surface area contributed by atoms with Gasteiger partial charge in [-0.1, -0.05) is 46.3 Å². The lowest BCUT2D eigenvalue weighted by Gasteiger charge is -2.21. The topological polar surface area (TPSA) is 78.4 Å². The van der Waals surface area contributed by atoms with E-state index in [1.54, 1.807) is 27.5 Å². The molecule has 0 saturated heterocycles. The predicted molar refractivity (Wildman–Crippen MR) is 136 cm³/mol. The van der Waals surface area contributed by atoms with Crippen molar-refractivity contribution in [3.05, 3.63) is 81.8 Å². The number of methoxy groups -OCH3 is 4. The third-order valence-electron chi connectivity index (χ3n) is 5.15. The molecule has 178 valence electrons. The maximum absolute atomic E-state index is 11.9. The van der Waals surface area contributed by atoms with Crippen molar-refractivity contribution in [2.45, 2.75) is 6.04 Å². The van der Waals surface area contributed by atoms with Crippen LogP contribution in [0.1, 0.15) is 22.7 Å². The molecule has 7 nitrogen and oxygen atoms in total. The van der Waals surface area contributed by atoms with Crippen molar-refractivity contribution in [1.82, 2.24) is 5.32 Å². The maximum Gasteiger partial charge on any atom is 0.319 e. The molecule has 0 heterocycles. The zero-order chi connectivity index (χ0) is 24.5. The van der Waals surface area contributed by atoms with Gasteiger partial charge < -0.3 is 18.9 Å². The van der Waals surface area contributed by atoms with Crippen molar-refractivity contribution in [3.8, 4) is 17.2 Å². The fourth-order valence-corrected chi connectivity index (χ4v) is 3.88. The van der Waals surface area contributed by atoms with E-state index in [9.17, 15) is 4.79 Å². The molecule has 3 aromatic rings. The summed E-state index contributed by atoms with van der Waals surface area (Å²) in [6.07, 6.45) is 1.74. The van der Waals surface area contributed by atoms with Crippen molar-refractivity contribution >= 4 is 33.8 Å². The van der Waals surface area contributed by atoms with Crippen LogP contribution in [-0.4, -0.2) is 47.2 Å². The molecule has 0 aliphatic heterocycles. The van der Waals surface area contributed by atoms with Gasteiger partial charge in [-0.15, -0.1) is 0 Å². The second-order valence-corrected chi connectivity index (χ2v) is 8.14. The molecule has 0 saturated carbocycles. The molecule has 0 unspecified atom stereocenters. The van der Waals surface area contributed by atoms with E-state index in [-0.39, 0.29) is 18.6 Å². The van der Waals surface area contributed by atoms with Gasteiger partial charge in [-0.3, -0.25) is 15.1 Å². The van der Waals surface area contributed by atoms with Crippen LogP contribution in [0, 0.1) is 0 Å². The summed E-state index contributed by atoms with van der Waals surface area (Å²) >= 11 is 3.56. The summed E-state index contributed by atoms with van der Waals surface area (Å²) in [5, 5.41) is 3.29. The number of aliphatic imine (C=N–C) groups is 1. The number of halogens is 1. The Bertz CT molecular complexity index is 1130. The van der Waals surface area contributed by atoms with Crippen LogP contribution in [-0.2, 0) is 9.53 Å².